The van der Waals surface area contributed by atoms with E-state index in [1.165, 1.54) is 0 Å². The highest BCUT2D eigenvalue weighted by atomic mass is 35.5. The molecule has 2 atom stereocenters. The van der Waals surface area contributed by atoms with Crippen LogP contribution in [0.4, 0.5) is 0 Å². The van der Waals surface area contributed by atoms with Crippen molar-refractivity contribution < 1.29 is 17.9 Å². The van der Waals surface area contributed by atoms with Crippen LogP contribution in [0, 0.1) is 5.92 Å². The summed E-state index contributed by atoms with van der Waals surface area (Å²) in [6.45, 7) is 5.21. The standard InChI is InChI=1S/C27H32ClN3O4S/c1-17-15-31(16-18(2)35-17)27(32)20-8-10-21(11-9-20)30-36(33,34)22-12-13-23-24(14-22)29-26(25(23)28)19-6-4-3-5-7-19/h3-7,12-14,17-18,20-21,29-30H,8-11,15-16H2,1-2H3/t17-,18+,20-,21-. The molecule has 0 bridgehead atoms. The molecule has 1 aliphatic heterocycles. The zero-order chi connectivity index (χ0) is 25.4. The molecule has 3 aromatic rings. The molecule has 192 valence electrons. The third kappa shape index (κ3) is 5.18. The Morgan fingerprint density at radius 2 is 1.69 bits per heavy atom. The van der Waals surface area contributed by atoms with Crippen molar-refractivity contribution in [3.05, 3.63) is 53.6 Å². The molecular weight excluding hydrogens is 498 g/mol. The van der Waals surface area contributed by atoms with Crippen LogP contribution < -0.4 is 4.72 Å². The van der Waals surface area contributed by atoms with Crippen LogP contribution in [0.2, 0.25) is 5.02 Å². The Balaban J connectivity index is 1.25. The molecule has 2 aromatic carbocycles. The lowest BCUT2D eigenvalue weighted by Crippen LogP contribution is -2.51. The number of aromatic nitrogens is 1. The Morgan fingerprint density at radius 3 is 2.36 bits per heavy atom. The fourth-order valence-corrected chi connectivity index (χ4v) is 7.13. The molecule has 0 unspecified atom stereocenters. The Kier molecular flexibility index (Phi) is 7.14. The number of nitrogens with one attached hydrogen (secondary N) is 2. The molecule has 1 saturated heterocycles. The molecule has 2 fully saturated rings. The number of ether oxygens (including phenoxy) is 1. The molecule has 2 heterocycles. The van der Waals surface area contributed by atoms with Crippen LogP contribution in [-0.4, -0.2) is 55.5 Å². The van der Waals surface area contributed by atoms with E-state index in [0.717, 1.165) is 16.6 Å². The molecule has 0 radical (unpaired) electrons. The number of hydrogen-bond donors (Lipinski definition) is 2. The summed E-state index contributed by atoms with van der Waals surface area (Å²) < 4.78 is 35.0. The molecule has 1 aliphatic carbocycles. The van der Waals surface area contributed by atoms with E-state index in [2.05, 4.69) is 9.71 Å². The number of carbonyl (C=O) groups is 1. The highest BCUT2D eigenvalue weighted by Crippen LogP contribution is 2.35. The number of hydrogen-bond acceptors (Lipinski definition) is 4. The Labute approximate surface area is 217 Å². The summed E-state index contributed by atoms with van der Waals surface area (Å²) in [5, 5.41) is 1.35. The number of rotatable bonds is 5. The summed E-state index contributed by atoms with van der Waals surface area (Å²) in [6, 6.07) is 14.5. The van der Waals surface area contributed by atoms with Gasteiger partial charge in [-0.15, -0.1) is 0 Å². The number of carbonyl (C=O) groups excluding carboxylic acids is 1. The van der Waals surface area contributed by atoms with Gasteiger partial charge in [0.1, 0.15) is 0 Å². The summed E-state index contributed by atoms with van der Waals surface area (Å²) in [5.41, 5.74) is 2.38. The van der Waals surface area contributed by atoms with Gasteiger partial charge in [0.05, 0.1) is 27.8 Å². The topological polar surface area (TPSA) is 91.5 Å². The maximum atomic E-state index is 13.2. The first-order chi connectivity index (χ1) is 17.2. The van der Waals surface area contributed by atoms with Crippen LogP contribution in [0.15, 0.2) is 53.4 Å². The van der Waals surface area contributed by atoms with Gasteiger partial charge in [0.15, 0.2) is 0 Å². The van der Waals surface area contributed by atoms with Crippen molar-refractivity contribution in [1.82, 2.24) is 14.6 Å². The summed E-state index contributed by atoms with van der Waals surface area (Å²) in [6.07, 6.45) is 2.71. The van der Waals surface area contributed by atoms with E-state index in [9.17, 15) is 13.2 Å². The lowest BCUT2D eigenvalue weighted by Gasteiger charge is -2.38. The number of amides is 1. The van der Waals surface area contributed by atoms with Crippen molar-refractivity contribution in [1.29, 1.82) is 0 Å². The fraction of sp³-hybridized carbons (Fsp3) is 0.444. The number of aromatic amines is 1. The quantitative estimate of drug-likeness (QED) is 0.488. The normalized spacial score (nSPS) is 25.2. The summed E-state index contributed by atoms with van der Waals surface area (Å²) in [5.74, 6) is 0.110. The zero-order valence-corrected chi connectivity index (χ0v) is 22.1. The van der Waals surface area contributed by atoms with E-state index in [1.54, 1.807) is 18.2 Å². The number of sulfonamides is 1. The Morgan fingerprint density at radius 1 is 1.03 bits per heavy atom. The molecule has 5 rings (SSSR count). The minimum absolute atomic E-state index is 0.0384. The lowest BCUT2D eigenvalue weighted by atomic mass is 9.85. The molecular formula is C27H32ClN3O4S. The number of morpholine rings is 1. The Hall–Kier alpha value is -2.39. The molecule has 1 saturated carbocycles. The van der Waals surface area contributed by atoms with Crippen LogP contribution in [-0.2, 0) is 19.6 Å². The number of benzene rings is 2. The first-order valence-electron chi connectivity index (χ1n) is 12.5. The van der Waals surface area contributed by atoms with E-state index in [1.807, 2.05) is 49.1 Å². The highest BCUT2D eigenvalue weighted by molar-refractivity contribution is 7.89. The highest BCUT2D eigenvalue weighted by Gasteiger charge is 2.34. The van der Waals surface area contributed by atoms with Crippen molar-refractivity contribution >= 4 is 38.4 Å². The van der Waals surface area contributed by atoms with Gasteiger partial charge in [-0.25, -0.2) is 13.1 Å². The zero-order valence-electron chi connectivity index (χ0n) is 20.5. The van der Waals surface area contributed by atoms with Crippen LogP contribution in [0.3, 0.4) is 0 Å². The lowest BCUT2D eigenvalue weighted by molar-refractivity contribution is -0.148. The molecule has 1 amide bonds. The molecule has 1 aromatic heterocycles. The largest absolute Gasteiger partial charge is 0.372 e. The van der Waals surface area contributed by atoms with Crippen molar-refractivity contribution in [3.63, 3.8) is 0 Å². The smallest absolute Gasteiger partial charge is 0.240 e. The van der Waals surface area contributed by atoms with E-state index >= 15 is 0 Å². The number of nitrogens with zero attached hydrogens (tertiary/aromatic N) is 1. The van der Waals surface area contributed by atoms with E-state index < -0.39 is 10.0 Å². The van der Waals surface area contributed by atoms with Gasteiger partial charge in [-0.05, 0) is 63.3 Å². The number of H-pyrrole nitrogens is 1. The minimum atomic E-state index is -3.72. The van der Waals surface area contributed by atoms with Gasteiger partial charge < -0.3 is 14.6 Å². The monoisotopic (exact) mass is 529 g/mol. The molecule has 7 nitrogen and oxygen atoms in total. The van der Waals surface area contributed by atoms with Gasteiger partial charge in [-0.3, -0.25) is 4.79 Å². The van der Waals surface area contributed by atoms with Gasteiger partial charge in [0.2, 0.25) is 15.9 Å². The Bertz CT molecular complexity index is 1340. The van der Waals surface area contributed by atoms with E-state index in [4.69, 9.17) is 16.3 Å². The first kappa shape index (κ1) is 25.3. The summed E-state index contributed by atoms with van der Waals surface area (Å²) in [4.78, 5) is 18.4. The van der Waals surface area contributed by atoms with E-state index in [-0.39, 0.29) is 35.0 Å². The van der Waals surface area contributed by atoms with Crippen molar-refractivity contribution in [2.45, 2.75) is 62.7 Å². The second-order valence-electron chi connectivity index (χ2n) is 10.1. The van der Waals surface area contributed by atoms with Crippen LogP contribution in [0.1, 0.15) is 39.5 Å². The van der Waals surface area contributed by atoms with Gasteiger partial charge in [0, 0.05) is 36.0 Å². The van der Waals surface area contributed by atoms with Gasteiger partial charge in [-0.1, -0.05) is 41.9 Å². The van der Waals surface area contributed by atoms with Crippen LogP contribution in [0.5, 0.6) is 0 Å². The predicted molar refractivity (Wildman–Crippen MR) is 141 cm³/mol. The second kappa shape index (κ2) is 10.2. The van der Waals surface area contributed by atoms with Gasteiger partial charge in [0.25, 0.3) is 0 Å². The molecule has 36 heavy (non-hydrogen) atoms. The second-order valence-corrected chi connectivity index (χ2v) is 12.1. The SMILES string of the molecule is C[C@@H]1CN(C(=O)[C@H]2CC[C@H](NS(=O)(=O)c3ccc4c(Cl)c(-c5ccccc5)[nH]c4c3)CC2)C[C@H](C)O1. The minimum Gasteiger partial charge on any atom is -0.372 e. The first-order valence-corrected chi connectivity index (χ1v) is 14.4. The average Bonchev–Trinajstić information content (AvgIpc) is 3.19. The molecule has 2 N–H and O–H groups in total. The van der Waals surface area contributed by atoms with E-state index in [0.29, 0.717) is 49.3 Å². The number of halogens is 1. The molecule has 0 spiro atoms. The fourth-order valence-electron chi connectivity index (χ4n) is 5.47. The number of fused-ring (bicyclic) bond motifs is 1. The van der Waals surface area contributed by atoms with Gasteiger partial charge >= 0.3 is 0 Å². The maximum Gasteiger partial charge on any atom is 0.240 e. The van der Waals surface area contributed by atoms with Crippen molar-refractivity contribution in [2.75, 3.05) is 13.1 Å². The van der Waals surface area contributed by atoms with Crippen LogP contribution >= 0.6 is 11.6 Å². The van der Waals surface area contributed by atoms with Crippen LogP contribution in [0.25, 0.3) is 22.2 Å². The third-order valence-electron chi connectivity index (χ3n) is 7.21. The van der Waals surface area contributed by atoms with Crippen molar-refractivity contribution in [3.8, 4) is 11.3 Å². The third-order valence-corrected chi connectivity index (χ3v) is 9.12. The summed E-state index contributed by atoms with van der Waals surface area (Å²) >= 11 is 6.59. The summed E-state index contributed by atoms with van der Waals surface area (Å²) in [7, 11) is -3.72. The van der Waals surface area contributed by atoms with Crippen molar-refractivity contribution in [2.24, 2.45) is 5.92 Å². The maximum absolute atomic E-state index is 13.2. The molecule has 9 heteroatoms. The predicted octanol–water partition coefficient (Wildman–Crippen LogP) is 4.96. The van der Waals surface area contributed by atoms with Gasteiger partial charge in [-0.2, -0.15) is 0 Å². The molecule has 2 aliphatic rings. The average molecular weight is 530 g/mol.